The van der Waals surface area contributed by atoms with Gasteiger partial charge in [-0.05, 0) is 37.5 Å². The summed E-state index contributed by atoms with van der Waals surface area (Å²) in [5.41, 5.74) is 1.97. The maximum absolute atomic E-state index is 10.9. The topological polar surface area (TPSA) is 95.7 Å². The molecular weight excluding hydrogens is 356 g/mol. The SMILES string of the molecule is CN=C(NCc1cccc([N+](=O)[O-])c1)NC1CCN(c2cccc(C)n2)CC1. The van der Waals surface area contributed by atoms with E-state index in [1.165, 1.54) is 6.07 Å². The number of non-ortho nitro benzene ring substituents is 1. The Labute approximate surface area is 164 Å². The lowest BCUT2D eigenvalue weighted by atomic mass is 10.1. The Morgan fingerprint density at radius 1 is 1.29 bits per heavy atom. The number of aliphatic imine (C=N–C) groups is 1. The second-order valence-electron chi connectivity index (χ2n) is 6.90. The number of nitrogens with zero attached hydrogens (tertiary/aromatic N) is 4. The van der Waals surface area contributed by atoms with Gasteiger partial charge in [-0.2, -0.15) is 0 Å². The molecule has 2 N–H and O–H groups in total. The van der Waals surface area contributed by atoms with E-state index < -0.39 is 0 Å². The number of piperidine rings is 1. The van der Waals surface area contributed by atoms with Crippen molar-refractivity contribution in [1.82, 2.24) is 15.6 Å². The van der Waals surface area contributed by atoms with Crippen LogP contribution in [0.4, 0.5) is 11.5 Å². The van der Waals surface area contributed by atoms with E-state index in [1.54, 1.807) is 19.2 Å². The Kier molecular flexibility index (Phi) is 6.41. The summed E-state index contributed by atoms with van der Waals surface area (Å²) < 4.78 is 0. The first-order valence-corrected chi connectivity index (χ1v) is 9.44. The van der Waals surface area contributed by atoms with Crippen LogP contribution in [0, 0.1) is 17.0 Å². The number of aromatic nitrogens is 1. The minimum absolute atomic E-state index is 0.0966. The minimum Gasteiger partial charge on any atom is -0.356 e. The van der Waals surface area contributed by atoms with E-state index in [4.69, 9.17) is 0 Å². The first kappa shape index (κ1) is 19.6. The molecule has 2 heterocycles. The molecule has 0 spiro atoms. The molecule has 1 aliphatic rings. The first-order valence-electron chi connectivity index (χ1n) is 9.44. The maximum atomic E-state index is 10.9. The van der Waals surface area contributed by atoms with Crippen molar-refractivity contribution in [3.8, 4) is 0 Å². The second-order valence-corrected chi connectivity index (χ2v) is 6.90. The first-order chi connectivity index (χ1) is 13.5. The third-order valence-corrected chi connectivity index (χ3v) is 4.84. The fraction of sp³-hybridized carbons (Fsp3) is 0.400. The van der Waals surface area contributed by atoms with Crippen LogP contribution in [0.3, 0.4) is 0 Å². The van der Waals surface area contributed by atoms with Crippen molar-refractivity contribution in [2.45, 2.75) is 32.4 Å². The second kappa shape index (κ2) is 9.16. The third kappa shape index (κ3) is 5.18. The lowest BCUT2D eigenvalue weighted by Crippen LogP contribution is -2.48. The molecule has 0 radical (unpaired) electrons. The number of guanidine groups is 1. The van der Waals surface area contributed by atoms with Gasteiger partial charge in [0.05, 0.1) is 4.92 Å². The molecule has 8 nitrogen and oxygen atoms in total. The van der Waals surface area contributed by atoms with Crippen molar-refractivity contribution in [1.29, 1.82) is 0 Å². The molecule has 0 bridgehead atoms. The van der Waals surface area contributed by atoms with Crippen LogP contribution in [0.5, 0.6) is 0 Å². The summed E-state index contributed by atoms with van der Waals surface area (Å²) >= 11 is 0. The van der Waals surface area contributed by atoms with Crippen LogP contribution in [-0.2, 0) is 6.54 Å². The van der Waals surface area contributed by atoms with Crippen LogP contribution in [0.25, 0.3) is 0 Å². The summed E-state index contributed by atoms with van der Waals surface area (Å²) in [5, 5.41) is 17.6. The summed E-state index contributed by atoms with van der Waals surface area (Å²) in [6, 6.07) is 13.1. The Balaban J connectivity index is 1.49. The molecule has 0 atom stereocenters. The normalized spacial score (nSPS) is 15.4. The van der Waals surface area contributed by atoms with Gasteiger partial charge in [0, 0.05) is 50.6 Å². The zero-order valence-electron chi connectivity index (χ0n) is 16.3. The molecular formula is C20H26N6O2. The smallest absolute Gasteiger partial charge is 0.269 e. The van der Waals surface area contributed by atoms with Gasteiger partial charge in [0.15, 0.2) is 5.96 Å². The fourth-order valence-corrected chi connectivity index (χ4v) is 3.31. The Bertz CT molecular complexity index is 846. The minimum atomic E-state index is -0.382. The van der Waals surface area contributed by atoms with E-state index in [0.717, 1.165) is 43.0 Å². The van der Waals surface area contributed by atoms with Crippen LogP contribution in [-0.4, -0.2) is 42.0 Å². The Morgan fingerprint density at radius 3 is 2.71 bits per heavy atom. The van der Waals surface area contributed by atoms with Gasteiger partial charge in [0.1, 0.15) is 5.82 Å². The van der Waals surface area contributed by atoms with E-state index in [0.29, 0.717) is 18.5 Å². The zero-order chi connectivity index (χ0) is 19.9. The van der Waals surface area contributed by atoms with E-state index in [1.807, 2.05) is 25.1 Å². The number of pyridine rings is 1. The number of anilines is 1. The number of benzene rings is 1. The molecule has 1 saturated heterocycles. The molecule has 1 aliphatic heterocycles. The molecule has 0 saturated carbocycles. The average molecular weight is 382 g/mol. The van der Waals surface area contributed by atoms with Gasteiger partial charge in [-0.1, -0.05) is 18.2 Å². The van der Waals surface area contributed by atoms with Gasteiger partial charge in [0.25, 0.3) is 5.69 Å². The molecule has 2 aromatic rings. The summed E-state index contributed by atoms with van der Waals surface area (Å²) in [7, 11) is 1.73. The summed E-state index contributed by atoms with van der Waals surface area (Å²) in [5.74, 6) is 1.74. The highest BCUT2D eigenvalue weighted by molar-refractivity contribution is 5.80. The van der Waals surface area contributed by atoms with Crippen LogP contribution in [0.1, 0.15) is 24.1 Å². The molecule has 148 valence electrons. The summed E-state index contributed by atoms with van der Waals surface area (Å²) in [6.45, 7) is 4.37. The van der Waals surface area contributed by atoms with Crippen LogP contribution in [0.15, 0.2) is 47.5 Å². The molecule has 3 rings (SSSR count). The molecule has 28 heavy (non-hydrogen) atoms. The largest absolute Gasteiger partial charge is 0.356 e. The zero-order valence-corrected chi connectivity index (χ0v) is 16.3. The summed E-state index contributed by atoms with van der Waals surface area (Å²) in [4.78, 5) is 21.7. The Hall–Kier alpha value is -3.16. The highest BCUT2D eigenvalue weighted by Gasteiger charge is 2.21. The van der Waals surface area contributed by atoms with E-state index in [2.05, 4.69) is 31.6 Å². The van der Waals surface area contributed by atoms with Gasteiger partial charge in [-0.15, -0.1) is 0 Å². The van der Waals surface area contributed by atoms with Gasteiger partial charge in [0.2, 0.25) is 0 Å². The maximum Gasteiger partial charge on any atom is 0.269 e. The van der Waals surface area contributed by atoms with Crippen molar-refractivity contribution in [2.75, 3.05) is 25.0 Å². The van der Waals surface area contributed by atoms with Gasteiger partial charge < -0.3 is 15.5 Å². The molecule has 1 aromatic carbocycles. The van der Waals surface area contributed by atoms with Crippen molar-refractivity contribution >= 4 is 17.5 Å². The van der Waals surface area contributed by atoms with Crippen molar-refractivity contribution in [3.63, 3.8) is 0 Å². The van der Waals surface area contributed by atoms with Gasteiger partial charge >= 0.3 is 0 Å². The highest BCUT2D eigenvalue weighted by atomic mass is 16.6. The molecule has 0 aliphatic carbocycles. The monoisotopic (exact) mass is 382 g/mol. The van der Waals surface area contributed by atoms with E-state index in [-0.39, 0.29) is 10.6 Å². The number of hydrogen-bond donors (Lipinski definition) is 2. The number of nitrogens with one attached hydrogen (secondary N) is 2. The molecule has 8 heteroatoms. The lowest BCUT2D eigenvalue weighted by molar-refractivity contribution is -0.384. The van der Waals surface area contributed by atoms with E-state index in [9.17, 15) is 10.1 Å². The summed E-state index contributed by atoms with van der Waals surface area (Å²) in [6.07, 6.45) is 1.99. The number of rotatable bonds is 5. The van der Waals surface area contributed by atoms with Crippen LogP contribution in [0.2, 0.25) is 0 Å². The Morgan fingerprint density at radius 2 is 2.04 bits per heavy atom. The van der Waals surface area contributed by atoms with E-state index >= 15 is 0 Å². The molecule has 0 amide bonds. The van der Waals surface area contributed by atoms with Crippen LogP contribution < -0.4 is 15.5 Å². The number of aryl methyl sites for hydroxylation is 1. The number of nitro groups is 1. The van der Waals surface area contributed by atoms with Crippen molar-refractivity contribution < 1.29 is 4.92 Å². The number of hydrogen-bond acceptors (Lipinski definition) is 5. The predicted molar refractivity (Wildman–Crippen MR) is 111 cm³/mol. The van der Waals surface area contributed by atoms with Gasteiger partial charge in [-0.3, -0.25) is 15.1 Å². The number of nitro benzene ring substituents is 1. The molecule has 1 fully saturated rings. The standard InChI is InChI=1S/C20H26N6O2/c1-15-5-3-8-19(23-15)25-11-9-17(10-12-25)24-20(21-2)22-14-16-6-4-7-18(13-16)26(27)28/h3-8,13,17H,9-12,14H2,1-2H3,(H2,21,22,24). The van der Waals surface area contributed by atoms with Crippen molar-refractivity contribution in [2.24, 2.45) is 4.99 Å². The quantitative estimate of drug-likeness (QED) is 0.357. The molecule has 1 aromatic heterocycles. The van der Waals surface area contributed by atoms with Crippen molar-refractivity contribution in [3.05, 3.63) is 63.8 Å². The predicted octanol–water partition coefficient (Wildman–Crippen LogP) is 2.63. The highest BCUT2D eigenvalue weighted by Crippen LogP contribution is 2.18. The lowest BCUT2D eigenvalue weighted by Gasteiger charge is -2.34. The fourth-order valence-electron chi connectivity index (χ4n) is 3.31. The average Bonchev–Trinajstić information content (AvgIpc) is 2.71. The third-order valence-electron chi connectivity index (χ3n) is 4.84. The van der Waals surface area contributed by atoms with Crippen LogP contribution >= 0.6 is 0 Å². The molecule has 0 unspecified atom stereocenters. The van der Waals surface area contributed by atoms with Gasteiger partial charge in [-0.25, -0.2) is 4.98 Å².